The van der Waals surface area contributed by atoms with Crippen LogP contribution in [0.2, 0.25) is 0 Å². The van der Waals surface area contributed by atoms with Crippen LogP contribution in [-0.4, -0.2) is 11.3 Å². The Morgan fingerprint density at radius 3 is 3.17 bits per heavy atom. The van der Waals surface area contributed by atoms with Gasteiger partial charge in [0, 0.05) is 5.39 Å². The van der Waals surface area contributed by atoms with Crippen molar-refractivity contribution in [1.82, 2.24) is 4.98 Å². The Morgan fingerprint density at radius 2 is 2.42 bits per heavy atom. The van der Waals surface area contributed by atoms with Gasteiger partial charge in [-0.1, -0.05) is 0 Å². The maximum atomic E-state index is 10.4. The van der Waals surface area contributed by atoms with E-state index in [2.05, 4.69) is 20.9 Å². The summed E-state index contributed by atoms with van der Waals surface area (Å²) in [6.07, 6.45) is 3.81. The predicted molar refractivity (Wildman–Crippen MR) is 47.1 cm³/mol. The predicted octanol–water partition coefficient (Wildman–Crippen LogP) is 2.40. The number of hydrogen-bond donors (Lipinski definition) is 0. The third-order valence-corrected chi connectivity index (χ3v) is 2.17. The Bertz CT molecular complexity index is 436. The summed E-state index contributed by atoms with van der Waals surface area (Å²) < 4.78 is 5.96. The Labute approximate surface area is 76.5 Å². The molecular formula is C8H4BrNO2. The lowest BCUT2D eigenvalue weighted by atomic mass is 10.3. The van der Waals surface area contributed by atoms with Crippen LogP contribution in [0.25, 0.3) is 11.0 Å². The zero-order valence-corrected chi connectivity index (χ0v) is 7.54. The molecule has 0 atom stereocenters. The van der Waals surface area contributed by atoms with E-state index in [9.17, 15) is 4.79 Å². The van der Waals surface area contributed by atoms with Gasteiger partial charge in [-0.3, -0.25) is 4.79 Å². The molecule has 0 N–H and O–H groups in total. The number of pyridine rings is 1. The molecule has 0 unspecified atom stereocenters. The number of halogens is 1. The van der Waals surface area contributed by atoms with Crippen LogP contribution in [0.15, 0.2) is 27.4 Å². The van der Waals surface area contributed by atoms with Crippen LogP contribution < -0.4 is 0 Å². The highest BCUT2D eigenvalue weighted by molar-refractivity contribution is 9.10. The molecule has 2 aromatic rings. The van der Waals surface area contributed by atoms with Crippen molar-refractivity contribution in [2.75, 3.05) is 0 Å². The lowest BCUT2D eigenvalue weighted by Gasteiger charge is -1.89. The second kappa shape index (κ2) is 2.71. The minimum atomic E-state index is 0.407. The number of nitrogens with zero attached hydrogens (tertiary/aromatic N) is 1. The van der Waals surface area contributed by atoms with Gasteiger partial charge in [0.25, 0.3) is 0 Å². The molecule has 2 heterocycles. The van der Waals surface area contributed by atoms with E-state index in [-0.39, 0.29) is 0 Å². The van der Waals surface area contributed by atoms with Gasteiger partial charge in [0.15, 0.2) is 11.9 Å². The van der Waals surface area contributed by atoms with Crippen LogP contribution in [0.3, 0.4) is 0 Å². The molecular weight excluding hydrogens is 222 g/mol. The molecule has 0 spiro atoms. The molecule has 0 aromatic carbocycles. The van der Waals surface area contributed by atoms with Crippen LogP contribution in [0, 0.1) is 0 Å². The fourth-order valence-electron chi connectivity index (χ4n) is 0.983. The average molecular weight is 226 g/mol. The Kier molecular flexibility index (Phi) is 1.69. The summed E-state index contributed by atoms with van der Waals surface area (Å²) in [5.41, 5.74) is 1.08. The molecule has 0 aliphatic carbocycles. The number of aromatic nitrogens is 1. The van der Waals surface area contributed by atoms with Crippen molar-refractivity contribution in [3.8, 4) is 0 Å². The minimum absolute atomic E-state index is 0.407. The quantitative estimate of drug-likeness (QED) is 0.701. The average Bonchev–Trinajstić information content (AvgIpc) is 2.47. The van der Waals surface area contributed by atoms with Crippen molar-refractivity contribution in [2.45, 2.75) is 0 Å². The second-order valence-corrected chi connectivity index (χ2v) is 3.16. The standard InChI is InChI=1S/C8H4BrNO2/c9-7-4-12-8-2-10-5(3-11)1-6(7)8/h1-4H. The van der Waals surface area contributed by atoms with Crippen LogP contribution in [-0.2, 0) is 0 Å². The van der Waals surface area contributed by atoms with E-state index in [1.54, 1.807) is 12.3 Å². The highest BCUT2D eigenvalue weighted by Crippen LogP contribution is 2.25. The fraction of sp³-hybridized carbons (Fsp3) is 0. The molecule has 60 valence electrons. The van der Waals surface area contributed by atoms with Gasteiger partial charge in [0.1, 0.15) is 12.0 Å². The molecule has 0 saturated carbocycles. The first-order valence-corrected chi connectivity index (χ1v) is 4.08. The Balaban J connectivity index is 2.79. The molecule has 0 fully saturated rings. The van der Waals surface area contributed by atoms with Gasteiger partial charge in [0.2, 0.25) is 0 Å². The van der Waals surface area contributed by atoms with Crippen LogP contribution in [0.5, 0.6) is 0 Å². The zero-order valence-electron chi connectivity index (χ0n) is 5.95. The maximum absolute atomic E-state index is 10.4. The van der Waals surface area contributed by atoms with Crippen molar-refractivity contribution in [3.63, 3.8) is 0 Å². The lowest BCUT2D eigenvalue weighted by Crippen LogP contribution is -1.83. The molecule has 2 aromatic heterocycles. The lowest BCUT2D eigenvalue weighted by molar-refractivity contribution is 0.111. The molecule has 2 rings (SSSR count). The molecule has 0 radical (unpaired) electrons. The number of rotatable bonds is 1. The first-order valence-electron chi connectivity index (χ1n) is 3.29. The van der Waals surface area contributed by atoms with Crippen LogP contribution >= 0.6 is 15.9 Å². The maximum Gasteiger partial charge on any atom is 0.168 e. The highest BCUT2D eigenvalue weighted by atomic mass is 79.9. The summed E-state index contributed by atoms with van der Waals surface area (Å²) >= 11 is 3.29. The first-order chi connectivity index (χ1) is 5.81. The molecule has 3 nitrogen and oxygen atoms in total. The van der Waals surface area contributed by atoms with Crippen molar-refractivity contribution in [3.05, 3.63) is 28.7 Å². The van der Waals surface area contributed by atoms with E-state index in [0.29, 0.717) is 17.6 Å². The third-order valence-electron chi connectivity index (χ3n) is 1.56. The monoisotopic (exact) mass is 225 g/mol. The summed E-state index contributed by atoms with van der Waals surface area (Å²) in [6.45, 7) is 0. The minimum Gasteiger partial charge on any atom is -0.461 e. The van der Waals surface area contributed by atoms with E-state index in [0.717, 1.165) is 9.86 Å². The van der Waals surface area contributed by atoms with Gasteiger partial charge >= 0.3 is 0 Å². The Hall–Kier alpha value is -1.16. The smallest absolute Gasteiger partial charge is 0.168 e. The van der Waals surface area contributed by atoms with E-state index in [1.165, 1.54) is 6.20 Å². The van der Waals surface area contributed by atoms with Gasteiger partial charge < -0.3 is 4.42 Å². The molecule has 4 heteroatoms. The van der Waals surface area contributed by atoms with E-state index >= 15 is 0 Å². The molecule has 0 amide bonds. The normalized spacial score (nSPS) is 10.4. The topological polar surface area (TPSA) is 43.1 Å². The highest BCUT2D eigenvalue weighted by Gasteiger charge is 2.03. The number of hydrogen-bond acceptors (Lipinski definition) is 3. The van der Waals surface area contributed by atoms with Gasteiger partial charge in [-0.15, -0.1) is 0 Å². The fourth-order valence-corrected chi connectivity index (χ4v) is 1.39. The summed E-state index contributed by atoms with van der Waals surface area (Å²) in [7, 11) is 0. The Morgan fingerprint density at radius 1 is 1.58 bits per heavy atom. The molecule has 0 aliphatic heterocycles. The molecule has 0 bridgehead atoms. The summed E-state index contributed by atoms with van der Waals surface area (Å²) in [5.74, 6) is 0. The number of carbonyl (C=O) groups is 1. The molecule has 0 saturated heterocycles. The molecule has 0 aliphatic rings. The van der Waals surface area contributed by atoms with E-state index in [4.69, 9.17) is 4.42 Å². The summed E-state index contributed by atoms with van der Waals surface area (Å²) in [6, 6.07) is 1.68. The van der Waals surface area contributed by atoms with Crippen molar-refractivity contribution >= 4 is 33.2 Å². The van der Waals surface area contributed by atoms with Crippen molar-refractivity contribution in [2.24, 2.45) is 0 Å². The van der Waals surface area contributed by atoms with Crippen LogP contribution in [0.4, 0.5) is 0 Å². The van der Waals surface area contributed by atoms with Gasteiger partial charge in [-0.25, -0.2) is 4.98 Å². The number of fused-ring (bicyclic) bond motifs is 1. The van der Waals surface area contributed by atoms with Gasteiger partial charge in [0.05, 0.1) is 10.7 Å². The third kappa shape index (κ3) is 1.04. The van der Waals surface area contributed by atoms with Crippen molar-refractivity contribution in [1.29, 1.82) is 0 Å². The van der Waals surface area contributed by atoms with Crippen LogP contribution in [0.1, 0.15) is 10.5 Å². The summed E-state index contributed by atoms with van der Waals surface area (Å²) in [4.78, 5) is 14.2. The SMILES string of the molecule is O=Cc1cc2c(Br)coc2cn1. The first kappa shape index (κ1) is 7.49. The van der Waals surface area contributed by atoms with E-state index in [1.807, 2.05) is 0 Å². The number of furan rings is 1. The number of aldehydes is 1. The molecule has 12 heavy (non-hydrogen) atoms. The second-order valence-electron chi connectivity index (χ2n) is 2.31. The summed E-state index contributed by atoms with van der Waals surface area (Å²) in [5, 5.41) is 0.868. The van der Waals surface area contributed by atoms with Crippen molar-refractivity contribution < 1.29 is 9.21 Å². The zero-order chi connectivity index (χ0) is 8.55. The van der Waals surface area contributed by atoms with E-state index < -0.39 is 0 Å². The van der Waals surface area contributed by atoms with Gasteiger partial charge in [-0.2, -0.15) is 0 Å². The largest absolute Gasteiger partial charge is 0.461 e. The number of carbonyl (C=O) groups excluding carboxylic acids is 1. The van der Waals surface area contributed by atoms with Gasteiger partial charge in [-0.05, 0) is 22.0 Å².